The molecule has 22 heavy (non-hydrogen) atoms. The maximum absolute atomic E-state index is 9.56. The van der Waals surface area contributed by atoms with Crippen LogP contribution >= 0.6 is 0 Å². The molecule has 1 atom stereocenters. The van der Waals surface area contributed by atoms with Gasteiger partial charge in [0.2, 0.25) is 0 Å². The highest BCUT2D eigenvalue weighted by molar-refractivity contribution is 5.27. The molecule has 0 radical (unpaired) electrons. The molecule has 3 rings (SSSR count). The Labute approximate surface area is 132 Å². The number of phenolic OH excluding ortho intramolecular Hbond substituents is 1. The largest absolute Gasteiger partial charge is 0.508 e. The van der Waals surface area contributed by atoms with Gasteiger partial charge < -0.3 is 9.84 Å². The molecule has 1 N–H and O–H groups in total. The number of nitrogens with zero attached hydrogens (tertiary/aromatic N) is 1. The normalized spacial score (nSPS) is 19.2. The average molecular weight is 297 g/mol. The molecule has 1 saturated heterocycles. The Kier molecular flexibility index (Phi) is 5.09. The minimum absolute atomic E-state index is 0.297. The zero-order valence-corrected chi connectivity index (χ0v) is 12.8. The van der Waals surface area contributed by atoms with Crippen molar-refractivity contribution >= 4 is 0 Å². The highest BCUT2D eigenvalue weighted by Crippen LogP contribution is 2.17. The van der Waals surface area contributed by atoms with Gasteiger partial charge in [0.15, 0.2) is 0 Å². The van der Waals surface area contributed by atoms with Gasteiger partial charge in [0.25, 0.3) is 0 Å². The van der Waals surface area contributed by atoms with Gasteiger partial charge in [-0.2, -0.15) is 0 Å². The van der Waals surface area contributed by atoms with Crippen LogP contribution in [0.1, 0.15) is 17.5 Å². The molecule has 3 nitrogen and oxygen atoms in total. The standard InChI is InChI=1S/C19H23NO2/c21-18-8-4-7-17(13-18)14-20-11-12-22-19(15-20)10-9-16-5-2-1-3-6-16/h1-8,13,19,21H,9-12,14-15H2. The van der Waals surface area contributed by atoms with Crippen molar-refractivity contribution in [2.45, 2.75) is 25.5 Å². The minimum Gasteiger partial charge on any atom is -0.508 e. The van der Waals surface area contributed by atoms with E-state index in [1.807, 2.05) is 12.1 Å². The molecular formula is C19H23NO2. The summed E-state index contributed by atoms with van der Waals surface area (Å²) in [5, 5.41) is 9.56. The maximum Gasteiger partial charge on any atom is 0.115 e. The Morgan fingerprint density at radius 3 is 2.68 bits per heavy atom. The minimum atomic E-state index is 0.297. The molecule has 1 heterocycles. The van der Waals surface area contributed by atoms with Crippen LogP contribution in [0.25, 0.3) is 0 Å². The summed E-state index contributed by atoms with van der Waals surface area (Å²) in [6.07, 6.45) is 2.41. The van der Waals surface area contributed by atoms with E-state index in [1.165, 1.54) is 5.56 Å². The SMILES string of the molecule is Oc1cccc(CN2CCOC(CCc3ccccc3)C2)c1. The molecule has 0 saturated carbocycles. The van der Waals surface area contributed by atoms with Crippen LogP contribution < -0.4 is 0 Å². The lowest BCUT2D eigenvalue weighted by Crippen LogP contribution is -2.42. The van der Waals surface area contributed by atoms with Crippen LogP contribution in [0.3, 0.4) is 0 Å². The molecule has 0 amide bonds. The van der Waals surface area contributed by atoms with Crippen LogP contribution in [0.5, 0.6) is 5.75 Å². The van der Waals surface area contributed by atoms with Crippen molar-refractivity contribution < 1.29 is 9.84 Å². The molecule has 0 bridgehead atoms. The fraction of sp³-hybridized carbons (Fsp3) is 0.368. The van der Waals surface area contributed by atoms with Gasteiger partial charge in [-0.3, -0.25) is 4.90 Å². The molecule has 1 fully saturated rings. The molecule has 3 heteroatoms. The van der Waals surface area contributed by atoms with Gasteiger partial charge in [-0.05, 0) is 36.1 Å². The summed E-state index contributed by atoms with van der Waals surface area (Å²) in [4.78, 5) is 2.41. The quantitative estimate of drug-likeness (QED) is 0.919. The fourth-order valence-electron chi connectivity index (χ4n) is 2.98. The summed E-state index contributed by atoms with van der Waals surface area (Å²) < 4.78 is 5.90. The zero-order valence-electron chi connectivity index (χ0n) is 12.8. The van der Waals surface area contributed by atoms with E-state index in [0.29, 0.717) is 11.9 Å². The first kappa shape index (κ1) is 15.1. The number of phenols is 1. The van der Waals surface area contributed by atoms with Crippen molar-refractivity contribution in [2.24, 2.45) is 0 Å². The third-order valence-corrected chi connectivity index (χ3v) is 4.14. The summed E-state index contributed by atoms with van der Waals surface area (Å²) >= 11 is 0. The van der Waals surface area contributed by atoms with Crippen molar-refractivity contribution in [2.75, 3.05) is 19.7 Å². The number of benzene rings is 2. The van der Waals surface area contributed by atoms with Crippen LogP contribution in [0.2, 0.25) is 0 Å². The van der Waals surface area contributed by atoms with E-state index in [1.54, 1.807) is 6.07 Å². The van der Waals surface area contributed by atoms with E-state index in [2.05, 4.69) is 41.3 Å². The molecule has 0 spiro atoms. The van der Waals surface area contributed by atoms with Gasteiger partial charge >= 0.3 is 0 Å². The molecule has 0 aromatic heterocycles. The van der Waals surface area contributed by atoms with Gasteiger partial charge in [0, 0.05) is 19.6 Å². The van der Waals surface area contributed by atoms with E-state index in [4.69, 9.17) is 4.74 Å². The summed E-state index contributed by atoms with van der Waals surface area (Å²) in [7, 11) is 0. The van der Waals surface area contributed by atoms with Crippen LogP contribution in [-0.4, -0.2) is 35.8 Å². The zero-order chi connectivity index (χ0) is 15.2. The lowest BCUT2D eigenvalue weighted by atomic mass is 10.1. The van der Waals surface area contributed by atoms with Gasteiger partial charge in [-0.1, -0.05) is 42.5 Å². The molecule has 1 unspecified atom stereocenters. The average Bonchev–Trinajstić information content (AvgIpc) is 2.54. The van der Waals surface area contributed by atoms with E-state index >= 15 is 0 Å². The Morgan fingerprint density at radius 2 is 1.86 bits per heavy atom. The van der Waals surface area contributed by atoms with E-state index in [9.17, 15) is 5.11 Å². The van der Waals surface area contributed by atoms with Crippen molar-refractivity contribution in [3.8, 4) is 5.75 Å². The number of aryl methyl sites for hydroxylation is 1. The van der Waals surface area contributed by atoms with Crippen molar-refractivity contribution in [1.29, 1.82) is 0 Å². The molecule has 1 aliphatic heterocycles. The Bertz CT molecular complexity index is 585. The number of hydrogen-bond donors (Lipinski definition) is 1. The second-order valence-electron chi connectivity index (χ2n) is 5.92. The molecule has 0 aliphatic carbocycles. The van der Waals surface area contributed by atoms with Gasteiger partial charge in [-0.15, -0.1) is 0 Å². The number of hydrogen-bond acceptors (Lipinski definition) is 3. The lowest BCUT2D eigenvalue weighted by Gasteiger charge is -2.33. The smallest absolute Gasteiger partial charge is 0.115 e. The van der Waals surface area contributed by atoms with Crippen LogP contribution in [0.4, 0.5) is 0 Å². The summed E-state index contributed by atoms with van der Waals surface area (Å²) in [5.74, 6) is 0.339. The highest BCUT2D eigenvalue weighted by atomic mass is 16.5. The van der Waals surface area contributed by atoms with Crippen molar-refractivity contribution in [1.82, 2.24) is 4.90 Å². The van der Waals surface area contributed by atoms with Gasteiger partial charge in [0.05, 0.1) is 12.7 Å². The Hall–Kier alpha value is -1.84. The van der Waals surface area contributed by atoms with Crippen molar-refractivity contribution in [3.05, 3.63) is 65.7 Å². The van der Waals surface area contributed by atoms with Crippen LogP contribution in [-0.2, 0) is 17.7 Å². The summed E-state index contributed by atoms with van der Waals surface area (Å²) in [6, 6.07) is 18.1. The van der Waals surface area contributed by atoms with Crippen molar-refractivity contribution in [3.63, 3.8) is 0 Å². The predicted octanol–water partition coefficient (Wildman–Crippen LogP) is 3.23. The van der Waals surface area contributed by atoms with E-state index < -0.39 is 0 Å². The first-order valence-electron chi connectivity index (χ1n) is 7.95. The van der Waals surface area contributed by atoms with Crippen LogP contribution in [0, 0.1) is 0 Å². The molecule has 1 aliphatic rings. The summed E-state index contributed by atoms with van der Waals surface area (Å²) in [5.41, 5.74) is 2.53. The maximum atomic E-state index is 9.56. The number of morpholine rings is 1. The first-order chi connectivity index (χ1) is 10.8. The number of ether oxygens (including phenoxy) is 1. The third-order valence-electron chi connectivity index (χ3n) is 4.14. The van der Waals surface area contributed by atoms with E-state index in [0.717, 1.165) is 44.6 Å². The Morgan fingerprint density at radius 1 is 1.05 bits per heavy atom. The predicted molar refractivity (Wildman–Crippen MR) is 87.9 cm³/mol. The summed E-state index contributed by atoms with van der Waals surface area (Å²) in [6.45, 7) is 3.58. The van der Waals surface area contributed by atoms with Gasteiger partial charge in [0.1, 0.15) is 5.75 Å². The molecule has 2 aromatic rings. The number of rotatable bonds is 5. The molecule has 2 aromatic carbocycles. The molecular weight excluding hydrogens is 274 g/mol. The lowest BCUT2D eigenvalue weighted by molar-refractivity contribution is -0.0345. The van der Waals surface area contributed by atoms with Crippen LogP contribution in [0.15, 0.2) is 54.6 Å². The second kappa shape index (κ2) is 7.43. The molecule has 116 valence electrons. The Balaban J connectivity index is 1.51. The monoisotopic (exact) mass is 297 g/mol. The fourth-order valence-corrected chi connectivity index (χ4v) is 2.98. The topological polar surface area (TPSA) is 32.7 Å². The third kappa shape index (κ3) is 4.33. The van der Waals surface area contributed by atoms with E-state index in [-0.39, 0.29) is 0 Å². The first-order valence-corrected chi connectivity index (χ1v) is 7.95. The van der Waals surface area contributed by atoms with Gasteiger partial charge in [-0.25, -0.2) is 0 Å². The highest BCUT2D eigenvalue weighted by Gasteiger charge is 2.20. The number of aromatic hydroxyl groups is 1. The second-order valence-corrected chi connectivity index (χ2v) is 5.92.